The van der Waals surface area contributed by atoms with Crippen LogP contribution in [0.1, 0.15) is 104 Å². The van der Waals surface area contributed by atoms with Gasteiger partial charge in [-0.25, -0.2) is 24.3 Å². The first kappa shape index (κ1) is 49.7. The first-order valence-electron chi connectivity index (χ1n) is 23.9. The Bertz CT molecular complexity index is 2460. The number of carbonyl (C=O) groups excluding carboxylic acids is 1. The number of methoxy groups -OCH3 is 1. The quantitative estimate of drug-likeness (QED) is 0.0678. The summed E-state index contributed by atoms with van der Waals surface area (Å²) in [6, 6.07) is 1.11. The molecule has 0 radical (unpaired) electrons. The predicted octanol–water partition coefficient (Wildman–Crippen LogP) is 3.66. The number of aromatic amines is 1. The summed E-state index contributed by atoms with van der Waals surface area (Å²) < 4.78 is 53.1. The van der Waals surface area contributed by atoms with Gasteiger partial charge >= 0.3 is 18.5 Å². The predicted molar refractivity (Wildman–Crippen MR) is 245 cm³/mol. The second-order valence-electron chi connectivity index (χ2n) is 20.5. The number of rotatable bonds is 16. The molecule has 9 rings (SSSR count). The minimum atomic E-state index is -4.45. The number of nitrogens with zero attached hydrogens (tertiary/aromatic N) is 5. The number of fused-ring (bicyclic) bond motifs is 6. The molecule has 376 valence electrons. The van der Waals surface area contributed by atoms with Gasteiger partial charge in [-0.2, -0.15) is 0 Å². The van der Waals surface area contributed by atoms with Crippen LogP contribution >= 0.6 is 18.2 Å². The van der Waals surface area contributed by atoms with Crippen LogP contribution in [0.3, 0.4) is 0 Å². The number of nitrogen functional groups attached to an aromatic ring is 1. The van der Waals surface area contributed by atoms with Crippen LogP contribution in [0.2, 0.25) is 0 Å². The lowest BCUT2D eigenvalue weighted by molar-refractivity contribution is -0.175. The van der Waals surface area contributed by atoms with Crippen molar-refractivity contribution >= 4 is 41.1 Å². The minimum Gasteiger partial charge on any atom is -0.454 e. The summed E-state index contributed by atoms with van der Waals surface area (Å²) in [4.78, 5) is 52.7. The largest absolute Gasteiger partial charge is 0.454 e. The number of aliphatic hydroxyl groups excluding tert-OH is 4. The molecule has 5 heterocycles. The summed E-state index contributed by atoms with van der Waals surface area (Å²) in [5.41, 5.74) is 5.12. The van der Waals surface area contributed by atoms with Gasteiger partial charge in [0.1, 0.15) is 48.4 Å². The van der Waals surface area contributed by atoms with Crippen LogP contribution in [0, 0.1) is 46.3 Å². The van der Waals surface area contributed by atoms with Gasteiger partial charge in [0, 0.05) is 43.6 Å². The summed E-state index contributed by atoms with van der Waals surface area (Å²) in [5.74, 6) is 1.40. The zero-order valence-electron chi connectivity index (χ0n) is 38.9. The maximum atomic E-state index is 14.9. The lowest BCUT2D eigenvalue weighted by Gasteiger charge is -2.62. The van der Waals surface area contributed by atoms with E-state index in [0.717, 1.165) is 62.0 Å². The van der Waals surface area contributed by atoms with Crippen LogP contribution in [-0.4, -0.2) is 124 Å². The van der Waals surface area contributed by atoms with E-state index in [9.17, 15) is 39.4 Å². The molecule has 14 unspecified atom stereocenters. The molecular weight excluding hydrogens is 926 g/mol. The second kappa shape index (κ2) is 19.7. The molecule has 0 bridgehead atoms. The monoisotopic (exact) mass is 991 g/mol. The lowest BCUT2D eigenvalue weighted by atomic mass is 9.43. The molecule has 2 saturated heterocycles. The Morgan fingerprint density at radius 2 is 1.84 bits per heavy atom. The van der Waals surface area contributed by atoms with Crippen molar-refractivity contribution in [3.63, 3.8) is 0 Å². The van der Waals surface area contributed by atoms with Gasteiger partial charge < -0.3 is 45.1 Å². The van der Waals surface area contributed by atoms with E-state index in [-0.39, 0.29) is 47.4 Å². The van der Waals surface area contributed by atoms with Crippen LogP contribution in [0.4, 0.5) is 5.82 Å². The fraction of sp³-hybridized carbons (Fsp3) is 0.778. The smallest absolute Gasteiger partial charge is 0.392 e. The number of nitrogens with two attached hydrogens (primary N) is 1. The van der Waals surface area contributed by atoms with E-state index in [2.05, 4.69) is 40.7 Å². The third-order valence-electron chi connectivity index (χ3n) is 17.1. The molecule has 7 N–H and O–H groups in total. The number of anilines is 1. The van der Waals surface area contributed by atoms with Gasteiger partial charge in [0.15, 0.2) is 17.7 Å². The van der Waals surface area contributed by atoms with Gasteiger partial charge in [-0.1, -0.05) is 20.8 Å². The van der Waals surface area contributed by atoms with E-state index >= 15 is 0 Å². The van der Waals surface area contributed by atoms with E-state index in [1.54, 1.807) is 4.57 Å². The van der Waals surface area contributed by atoms with Crippen LogP contribution in [-0.2, 0) is 37.4 Å². The van der Waals surface area contributed by atoms with E-state index in [1.165, 1.54) is 26.0 Å². The molecular formula is C45H66N7O14PS. The van der Waals surface area contributed by atoms with E-state index in [4.69, 9.17) is 33.7 Å². The molecule has 0 spiro atoms. The molecule has 4 saturated carbocycles. The Balaban J connectivity index is 0.853. The van der Waals surface area contributed by atoms with Crippen molar-refractivity contribution in [2.24, 2.45) is 46.3 Å². The number of hydrogen-bond donors (Lipinski definition) is 6. The van der Waals surface area contributed by atoms with Gasteiger partial charge in [-0.3, -0.25) is 32.8 Å². The summed E-state index contributed by atoms with van der Waals surface area (Å²) in [6.45, 7) is 1.28. The zero-order chi connectivity index (χ0) is 48.3. The molecule has 3 aromatic heterocycles. The van der Waals surface area contributed by atoms with Crippen molar-refractivity contribution in [1.29, 1.82) is 0 Å². The second-order valence-corrected chi connectivity index (χ2v) is 24.4. The molecule has 23 heteroatoms. The van der Waals surface area contributed by atoms with Gasteiger partial charge in [0.2, 0.25) is 0 Å². The number of aliphatic hydroxyl groups is 4. The topological polar surface area (TPSA) is 295 Å². The number of ether oxygens (including phenoxy) is 4. The fourth-order valence-corrected chi connectivity index (χ4v) is 16.4. The first-order chi connectivity index (χ1) is 32.5. The summed E-state index contributed by atoms with van der Waals surface area (Å²) >= 11 is 0.574. The van der Waals surface area contributed by atoms with E-state index < -0.39 is 92.2 Å². The minimum absolute atomic E-state index is 0.0859. The van der Waals surface area contributed by atoms with Crippen molar-refractivity contribution < 1.29 is 57.8 Å². The van der Waals surface area contributed by atoms with Gasteiger partial charge in [0.05, 0.1) is 37.9 Å². The average molecular weight is 992 g/mol. The molecule has 3 aromatic rings. The maximum absolute atomic E-state index is 14.9. The van der Waals surface area contributed by atoms with Crippen molar-refractivity contribution in [2.45, 2.75) is 147 Å². The number of aromatic nitrogens is 6. The molecule has 2 aliphatic heterocycles. The van der Waals surface area contributed by atoms with Crippen molar-refractivity contribution in [2.75, 3.05) is 32.0 Å². The number of hydrogen-bond acceptors (Lipinski definition) is 19. The Hall–Kier alpha value is -3.28. The molecule has 21 nitrogen and oxygen atoms in total. The number of carbonyl (C=O) groups is 1. The molecule has 4 aliphatic carbocycles. The van der Waals surface area contributed by atoms with Gasteiger partial charge in [-0.15, -0.1) is 0 Å². The normalized spacial score (nSPS) is 39.2. The Morgan fingerprint density at radius 3 is 2.60 bits per heavy atom. The molecule has 0 amide bonds. The Labute approximate surface area is 397 Å². The number of esters is 1. The maximum Gasteiger partial charge on any atom is 0.392 e. The van der Waals surface area contributed by atoms with Crippen molar-refractivity contribution in [3.05, 3.63) is 45.8 Å². The average Bonchev–Trinajstić information content (AvgIpc) is 4.09. The third-order valence-corrected chi connectivity index (χ3v) is 20.5. The summed E-state index contributed by atoms with van der Waals surface area (Å²) in [7, 11) is 1.31. The Morgan fingerprint density at radius 1 is 1.03 bits per heavy atom. The number of H-pyrrole nitrogens is 1. The molecule has 18 atom stereocenters. The number of imidazole rings is 1. The van der Waals surface area contributed by atoms with Crippen LogP contribution in [0.25, 0.3) is 11.2 Å². The van der Waals surface area contributed by atoms with E-state index in [0.29, 0.717) is 52.6 Å². The highest BCUT2D eigenvalue weighted by Gasteiger charge is 2.64. The highest BCUT2D eigenvalue weighted by Crippen LogP contribution is 2.69. The molecule has 0 aromatic carbocycles. The van der Waals surface area contributed by atoms with Crippen LogP contribution < -0.4 is 17.0 Å². The van der Waals surface area contributed by atoms with Gasteiger partial charge in [-0.05, 0) is 104 Å². The number of nitrogens with one attached hydrogen (secondary N) is 1. The first-order valence-corrected chi connectivity index (χ1v) is 27.1. The molecule has 6 fully saturated rings. The third kappa shape index (κ3) is 9.14. The van der Waals surface area contributed by atoms with Gasteiger partial charge in [0.25, 0.3) is 5.56 Å². The summed E-state index contributed by atoms with van der Waals surface area (Å²) in [5, 5.41) is 44.0. The zero-order valence-corrected chi connectivity index (χ0v) is 40.6. The van der Waals surface area contributed by atoms with Crippen molar-refractivity contribution in [3.8, 4) is 0 Å². The summed E-state index contributed by atoms with van der Waals surface area (Å²) in [6.07, 6.45) is 3.95. The molecule has 68 heavy (non-hydrogen) atoms. The van der Waals surface area contributed by atoms with E-state index in [1.807, 2.05) is 0 Å². The Kier molecular flexibility index (Phi) is 14.4. The van der Waals surface area contributed by atoms with Crippen molar-refractivity contribution in [1.82, 2.24) is 29.1 Å². The van der Waals surface area contributed by atoms with Crippen LogP contribution in [0.15, 0.2) is 34.5 Å². The van der Waals surface area contributed by atoms with Crippen LogP contribution in [0.5, 0.6) is 0 Å². The fourth-order valence-electron chi connectivity index (χ4n) is 13.5. The highest BCUT2D eigenvalue weighted by atomic mass is 32.7. The SMILES string of the molecule is COC1C(OP(=O)(OC[C@H]2O[C@@H](n3cnc4c(N)ncnc43)CC2O)SCOC(=O)CCC(C)C2CCC3C4CCC5CC(O)CCC5(C)C4CC(O)C23C)[C@@H](CO)O[C@H]1n1ccc(=O)[nH]c1=O. The molecule has 6 aliphatic rings. The lowest BCUT2D eigenvalue weighted by Crippen LogP contribution is -2.58. The highest BCUT2D eigenvalue weighted by molar-refractivity contribution is 8.55. The standard InChI is InChI=1S/C45H66N7O14PS/c1-23(27-8-9-28-26-7-6-24-15-25(54)11-13-44(24,2)29(26)16-33(56)45(27,28)3)5-10-36(58)62-22-68-67(60,66-38-31(18-53)65-42(39(38)61-4)51-14-12-34(57)50-43(51)59)63-19-32-30(55)17-35(64-32)52-21-49-37-40(46)47-20-48-41(37)52/h12,14,20-21,23-33,35,38-39,42,53-56H,5-11,13,15-19,22H2,1-4H3,(H2,46,47,48)(H,50,57,59)/t23?,24?,25?,26?,27?,28?,29?,30?,31-,32-,33?,35-,38?,39?,42-,44?,45?,67?/m1/s1.